The molecule has 4 nitrogen and oxygen atoms in total. The Morgan fingerprint density at radius 1 is 1.58 bits per heavy atom. The SMILES string of the molecule is N[C@H](C(=O)O)[C@H]1CCCCC1=O. The fraction of sp³-hybridized carbons (Fsp3) is 0.750. The monoisotopic (exact) mass is 171 g/mol. The molecule has 68 valence electrons. The van der Waals surface area contributed by atoms with Gasteiger partial charge in [-0.2, -0.15) is 0 Å². The lowest BCUT2D eigenvalue weighted by Crippen LogP contribution is -2.43. The van der Waals surface area contributed by atoms with Gasteiger partial charge in [0.25, 0.3) is 0 Å². The number of Topliss-reactive ketones (excluding diaryl/α,β-unsaturated/α-hetero) is 1. The largest absolute Gasteiger partial charge is 0.480 e. The van der Waals surface area contributed by atoms with E-state index in [9.17, 15) is 9.59 Å². The minimum absolute atomic E-state index is 0.0103. The predicted octanol–water partition coefficient (Wildman–Crippen LogP) is 0.158. The zero-order chi connectivity index (χ0) is 9.14. The van der Waals surface area contributed by atoms with Gasteiger partial charge in [-0.1, -0.05) is 6.42 Å². The predicted molar refractivity (Wildman–Crippen MR) is 42.6 cm³/mol. The Morgan fingerprint density at radius 3 is 2.75 bits per heavy atom. The molecule has 4 heteroatoms. The molecule has 0 aliphatic heterocycles. The van der Waals surface area contributed by atoms with Crippen molar-refractivity contribution in [3.63, 3.8) is 0 Å². The fourth-order valence-corrected chi connectivity index (χ4v) is 1.56. The maximum atomic E-state index is 11.2. The summed E-state index contributed by atoms with van der Waals surface area (Å²) in [5.74, 6) is -1.51. The molecule has 1 saturated carbocycles. The molecule has 0 heterocycles. The number of carbonyl (C=O) groups is 2. The van der Waals surface area contributed by atoms with Crippen LogP contribution in [0.1, 0.15) is 25.7 Å². The molecule has 0 unspecified atom stereocenters. The summed E-state index contributed by atoms with van der Waals surface area (Å²) >= 11 is 0. The van der Waals surface area contributed by atoms with Crippen LogP contribution in [-0.4, -0.2) is 22.9 Å². The number of hydrogen-bond acceptors (Lipinski definition) is 3. The number of carboxylic acids is 1. The average molecular weight is 171 g/mol. The Bertz CT molecular complexity index is 202. The molecule has 2 atom stereocenters. The van der Waals surface area contributed by atoms with Gasteiger partial charge in [0, 0.05) is 12.3 Å². The maximum Gasteiger partial charge on any atom is 0.321 e. The van der Waals surface area contributed by atoms with Gasteiger partial charge in [-0.25, -0.2) is 0 Å². The molecule has 0 radical (unpaired) electrons. The van der Waals surface area contributed by atoms with Crippen molar-refractivity contribution in [2.45, 2.75) is 31.7 Å². The molecule has 12 heavy (non-hydrogen) atoms. The first kappa shape index (κ1) is 9.19. The first-order chi connectivity index (χ1) is 5.63. The lowest BCUT2D eigenvalue weighted by molar-refractivity contribution is -0.143. The second-order valence-corrected chi connectivity index (χ2v) is 3.18. The van der Waals surface area contributed by atoms with E-state index in [1.54, 1.807) is 0 Å². The van der Waals surface area contributed by atoms with E-state index < -0.39 is 17.9 Å². The van der Waals surface area contributed by atoms with E-state index in [0.717, 1.165) is 12.8 Å². The third-order valence-corrected chi connectivity index (χ3v) is 2.32. The summed E-state index contributed by atoms with van der Waals surface area (Å²) in [4.78, 5) is 21.7. The van der Waals surface area contributed by atoms with E-state index in [-0.39, 0.29) is 5.78 Å². The summed E-state index contributed by atoms with van der Waals surface area (Å²) in [5.41, 5.74) is 5.36. The molecule has 0 saturated heterocycles. The number of hydrogen-bond donors (Lipinski definition) is 2. The zero-order valence-electron chi connectivity index (χ0n) is 6.82. The zero-order valence-corrected chi connectivity index (χ0v) is 6.82. The van der Waals surface area contributed by atoms with E-state index in [1.807, 2.05) is 0 Å². The quantitative estimate of drug-likeness (QED) is 0.620. The molecule has 1 aliphatic carbocycles. The lowest BCUT2D eigenvalue weighted by atomic mass is 9.83. The Kier molecular flexibility index (Phi) is 2.81. The fourth-order valence-electron chi connectivity index (χ4n) is 1.56. The molecule has 1 fully saturated rings. The Hall–Kier alpha value is -0.900. The van der Waals surface area contributed by atoms with Gasteiger partial charge in [0.2, 0.25) is 0 Å². The third-order valence-electron chi connectivity index (χ3n) is 2.32. The standard InChI is InChI=1S/C8H13NO3/c9-7(8(11)12)5-3-1-2-4-6(5)10/h5,7H,1-4,9H2,(H,11,12)/t5-,7-/m0/s1. The van der Waals surface area contributed by atoms with E-state index in [1.165, 1.54) is 0 Å². The third kappa shape index (κ3) is 1.82. The van der Waals surface area contributed by atoms with Gasteiger partial charge in [0.1, 0.15) is 11.8 Å². The van der Waals surface area contributed by atoms with E-state index in [0.29, 0.717) is 12.8 Å². The van der Waals surface area contributed by atoms with Crippen LogP contribution >= 0.6 is 0 Å². The van der Waals surface area contributed by atoms with Crippen LogP contribution < -0.4 is 5.73 Å². The molecular formula is C8H13NO3. The number of carbonyl (C=O) groups excluding carboxylic acids is 1. The van der Waals surface area contributed by atoms with Crippen LogP contribution in [0.3, 0.4) is 0 Å². The van der Waals surface area contributed by atoms with Crippen LogP contribution in [0.4, 0.5) is 0 Å². The van der Waals surface area contributed by atoms with Crippen LogP contribution in [0.15, 0.2) is 0 Å². The molecular weight excluding hydrogens is 158 g/mol. The Labute approximate surface area is 70.7 Å². The second kappa shape index (κ2) is 3.67. The van der Waals surface area contributed by atoms with Crippen molar-refractivity contribution >= 4 is 11.8 Å². The average Bonchev–Trinajstić information content (AvgIpc) is 2.04. The van der Waals surface area contributed by atoms with E-state index in [2.05, 4.69) is 0 Å². The number of carboxylic acid groups (broad SMARTS) is 1. The highest BCUT2D eigenvalue weighted by Crippen LogP contribution is 2.22. The minimum Gasteiger partial charge on any atom is -0.480 e. The molecule has 0 spiro atoms. The van der Waals surface area contributed by atoms with E-state index >= 15 is 0 Å². The van der Waals surface area contributed by atoms with Crippen molar-refractivity contribution < 1.29 is 14.7 Å². The number of rotatable bonds is 2. The highest BCUT2D eigenvalue weighted by atomic mass is 16.4. The number of aliphatic carboxylic acids is 1. The van der Waals surface area contributed by atoms with Gasteiger partial charge in [-0.05, 0) is 12.8 Å². The molecule has 0 aromatic heterocycles. The topological polar surface area (TPSA) is 80.4 Å². The van der Waals surface area contributed by atoms with Crippen LogP contribution in [-0.2, 0) is 9.59 Å². The normalized spacial score (nSPS) is 26.8. The van der Waals surface area contributed by atoms with Gasteiger partial charge < -0.3 is 10.8 Å². The highest BCUT2D eigenvalue weighted by Gasteiger charge is 2.31. The summed E-state index contributed by atoms with van der Waals surface area (Å²) in [6.45, 7) is 0. The van der Waals surface area contributed by atoms with Crippen LogP contribution in [0.25, 0.3) is 0 Å². The molecule has 3 N–H and O–H groups in total. The second-order valence-electron chi connectivity index (χ2n) is 3.18. The van der Waals surface area contributed by atoms with Crippen molar-refractivity contribution in [1.29, 1.82) is 0 Å². The maximum absolute atomic E-state index is 11.2. The van der Waals surface area contributed by atoms with Gasteiger partial charge in [-0.3, -0.25) is 9.59 Å². The van der Waals surface area contributed by atoms with Crippen molar-refractivity contribution in [3.05, 3.63) is 0 Å². The van der Waals surface area contributed by atoms with Gasteiger partial charge in [0.15, 0.2) is 0 Å². The summed E-state index contributed by atoms with van der Waals surface area (Å²) < 4.78 is 0. The van der Waals surface area contributed by atoms with Gasteiger partial charge in [0.05, 0.1) is 0 Å². The Balaban J connectivity index is 2.59. The first-order valence-corrected chi connectivity index (χ1v) is 4.14. The lowest BCUT2D eigenvalue weighted by Gasteiger charge is -2.23. The van der Waals surface area contributed by atoms with E-state index in [4.69, 9.17) is 10.8 Å². The molecule has 1 aliphatic rings. The van der Waals surface area contributed by atoms with Gasteiger partial charge >= 0.3 is 5.97 Å². The number of nitrogens with two attached hydrogens (primary N) is 1. The van der Waals surface area contributed by atoms with Crippen LogP contribution in [0.5, 0.6) is 0 Å². The molecule has 1 rings (SSSR count). The number of ketones is 1. The first-order valence-electron chi connectivity index (χ1n) is 4.14. The van der Waals surface area contributed by atoms with Crippen molar-refractivity contribution in [1.82, 2.24) is 0 Å². The van der Waals surface area contributed by atoms with Crippen LogP contribution in [0.2, 0.25) is 0 Å². The smallest absolute Gasteiger partial charge is 0.321 e. The summed E-state index contributed by atoms with van der Waals surface area (Å²) in [6.07, 6.45) is 2.91. The van der Waals surface area contributed by atoms with Crippen molar-refractivity contribution in [3.8, 4) is 0 Å². The molecule has 0 aromatic carbocycles. The Morgan fingerprint density at radius 2 is 2.25 bits per heavy atom. The van der Waals surface area contributed by atoms with Crippen LogP contribution in [0, 0.1) is 5.92 Å². The summed E-state index contributed by atoms with van der Waals surface area (Å²) in [5, 5.41) is 8.57. The molecule has 0 bridgehead atoms. The minimum atomic E-state index is -1.07. The van der Waals surface area contributed by atoms with Crippen molar-refractivity contribution in [2.24, 2.45) is 11.7 Å². The molecule has 0 aromatic rings. The summed E-state index contributed by atoms with van der Waals surface area (Å²) in [7, 11) is 0. The molecule has 0 amide bonds. The van der Waals surface area contributed by atoms with Gasteiger partial charge in [-0.15, -0.1) is 0 Å². The summed E-state index contributed by atoms with van der Waals surface area (Å²) in [6, 6.07) is -1.00. The van der Waals surface area contributed by atoms with Crippen molar-refractivity contribution in [2.75, 3.05) is 0 Å². The highest BCUT2D eigenvalue weighted by molar-refractivity contribution is 5.88.